The minimum Gasteiger partial charge on any atom is -0.378 e. The summed E-state index contributed by atoms with van der Waals surface area (Å²) < 4.78 is 42.5. The Morgan fingerprint density at radius 2 is 2.00 bits per heavy atom. The average Bonchev–Trinajstić information content (AvgIpc) is 2.24. The van der Waals surface area contributed by atoms with E-state index in [-0.39, 0.29) is 17.6 Å². The van der Waals surface area contributed by atoms with Crippen LogP contribution in [0.25, 0.3) is 0 Å². The molecule has 4 atom stereocenters. The van der Waals surface area contributed by atoms with E-state index in [0.717, 1.165) is 12.8 Å². The maximum Gasteiger partial charge on any atom is 0.390 e. The van der Waals surface area contributed by atoms with Crippen LogP contribution in [0, 0.1) is 5.41 Å². The Bertz CT molecular complexity index is 269. The van der Waals surface area contributed by atoms with Gasteiger partial charge in [-0.2, -0.15) is 13.2 Å². The summed E-state index contributed by atoms with van der Waals surface area (Å²) in [5.74, 6) is 0. The summed E-state index contributed by atoms with van der Waals surface area (Å²) in [6.45, 7) is 8.36. The second-order valence-corrected chi connectivity index (χ2v) is 5.48. The first-order chi connectivity index (χ1) is 8.23. The summed E-state index contributed by atoms with van der Waals surface area (Å²) >= 11 is 0. The summed E-state index contributed by atoms with van der Waals surface area (Å²) in [6.07, 6.45) is -2.99. The highest BCUT2D eigenvalue weighted by molar-refractivity contribution is 5.05. The quantitative estimate of drug-likeness (QED) is 0.795. The minimum absolute atomic E-state index is 0.0458. The van der Waals surface area contributed by atoms with Crippen LogP contribution >= 0.6 is 0 Å². The molecule has 0 aliphatic heterocycles. The maximum atomic E-state index is 12.3. The molecule has 1 saturated carbocycles. The van der Waals surface area contributed by atoms with Crippen LogP contribution in [-0.2, 0) is 4.74 Å². The Morgan fingerprint density at radius 3 is 2.44 bits per heavy atom. The van der Waals surface area contributed by atoms with Gasteiger partial charge in [0.05, 0.1) is 12.5 Å². The minimum atomic E-state index is -4.10. The number of alkyl halides is 3. The molecule has 5 heteroatoms. The fraction of sp³-hybridized carbons (Fsp3) is 1.00. The van der Waals surface area contributed by atoms with Crippen molar-refractivity contribution < 1.29 is 17.9 Å². The highest BCUT2D eigenvalue weighted by atomic mass is 19.4. The van der Waals surface area contributed by atoms with Crippen LogP contribution in [0.1, 0.15) is 47.0 Å². The third-order valence-corrected chi connectivity index (χ3v) is 4.13. The molecule has 0 aromatic carbocycles. The van der Waals surface area contributed by atoms with Crippen LogP contribution in [0.2, 0.25) is 0 Å². The van der Waals surface area contributed by atoms with E-state index in [1.54, 1.807) is 6.92 Å². The van der Waals surface area contributed by atoms with Gasteiger partial charge in [-0.1, -0.05) is 13.8 Å². The number of halogens is 3. The number of ether oxygens (including phenoxy) is 1. The number of hydrogen-bond acceptors (Lipinski definition) is 2. The normalized spacial score (nSPS) is 34.2. The molecular weight excluding hydrogens is 243 g/mol. The molecular formula is C13H24F3NO. The SMILES string of the molecule is CCOC1CC(NC(C)CC(F)(F)F)C1(C)CC. The Balaban J connectivity index is 2.49. The highest BCUT2D eigenvalue weighted by Gasteiger charge is 2.51. The van der Waals surface area contributed by atoms with E-state index in [2.05, 4.69) is 19.2 Å². The molecule has 18 heavy (non-hydrogen) atoms. The van der Waals surface area contributed by atoms with Gasteiger partial charge in [-0.25, -0.2) is 0 Å². The van der Waals surface area contributed by atoms with Crippen molar-refractivity contribution in [1.29, 1.82) is 0 Å². The van der Waals surface area contributed by atoms with Crippen molar-refractivity contribution in [3.63, 3.8) is 0 Å². The predicted octanol–water partition coefficient (Wildman–Crippen LogP) is 3.51. The molecule has 0 heterocycles. The molecule has 0 amide bonds. The fourth-order valence-electron chi connectivity index (χ4n) is 2.76. The first-order valence-electron chi connectivity index (χ1n) is 6.67. The van der Waals surface area contributed by atoms with Crippen LogP contribution in [0.4, 0.5) is 13.2 Å². The molecule has 1 fully saturated rings. The second kappa shape index (κ2) is 5.78. The fourth-order valence-corrected chi connectivity index (χ4v) is 2.76. The van der Waals surface area contributed by atoms with Crippen molar-refractivity contribution in [3.8, 4) is 0 Å². The van der Waals surface area contributed by atoms with Gasteiger partial charge in [0.25, 0.3) is 0 Å². The molecule has 0 spiro atoms. The van der Waals surface area contributed by atoms with E-state index >= 15 is 0 Å². The van der Waals surface area contributed by atoms with Crippen LogP contribution in [0.5, 0.6) is 0 Å². The lowest BCUT2D eigenvalue weighted by Gasteiger charge is -2.54. The molecule has 0 saturated heterocycles. The van der Waals surface area contributed by atoms with E-state index < -0.39 is 18.6 Å². The number of rotatable bonds is 6. The third-order valence-electron chi connectivity index (χ3n) is 4.13. The zero-order chi connectivity index (χ0) is 14.0. The van der Waals surface area contributed by atoms with E-state index in [1.165, 1.54) is 0 Å². The Morgan fingerprint density at radius 1 is 1.39 bits per heavy atom. The van der Waals surface area contributed by atoms with Gasteiger partial charge >= 0.3 is 6.18 Å². The lowest BCUT2D eigenvalue weighted by Crippen LogP contribution is -2.63. The Labute approximate surface area is 107 Å². The maximum absolute atomic E-state index is 12.3. The molecule has 108 valence electrons. The highest BCUT2D eigenvalue weighted by Crippen LogP contribution is 2.46. The van der Waals surface area contributed by atoms with Gasteiger partial charge in [0.15, 0.2) is 0 Å². The Hall–Kier alpha value is -0.290. The molecule has 1 aliphatic carbocycles. The van der Waals surface area contributed by atoms with Gasteiger partial charge in [0.2, 0.25) is 0 Å². The zero-order valence-electron chi connectivity index (χ0n) is 11.6. The standard InChI is InChI=1S/C13H24F3NO/c1-5-12(4)10(7-11(12)18-6-2)17-9(3)8-13(14,15)16/h9-11,17H,5-8H2,1-4H3. The Kier molecular flexibility index (Phi) is 5.06. The van der Waals surface area contributed by atoms with Gasteiger partial charge < -0.3 is 10.1 Å². The molecule has 0 radical (unpaired) electrons. The lowest BCUT2D eigenvalue weighted by molar-refractivity contribution is -0.150. The summed E-state index contributed by atoms with van der Waals surface area (Å²) in [5.41, 5.74) is -0.0458. The molecule has 1 N–H and O–H groups in total. The second-order valence-electron chi connectivity index (χ2n) is 5.48. The zero-order valence-corrected chi connectivity index (χ0v) is 11.6. The van der Waals surface area contributed by atoms with E-state index in [0.29, 0.717) is 6.61 Å². The van der Waals surface area contributed by atoms with Crippen LogP contribution in [-0.4, -0.2) is 31.0 Å². The third kappa shape index (κ3) is 3.60. The first kappa shape index (κ1) is 15.8. The smallest absolute Gasteiger partial charge is 0.378 e. The van der Waals surface area contributed by atoms with Crippen molar-refractivity contribution in [1.82, 2.24) is 5.32 Å². The van der Waals surface area contributed by atoms with Crippen LogP contribution < -0.4 is 5.32 Å². The molecule has 0 aromatic heterocycles. The van der Waals surface area contributed by atoms with Crippen molar-refractivity contribution in [3.05, 3.63) is 0 Å². The molecule has 1 aliphatic rings. The molecule has 1 rings (SSSR count). The molecule has 0 bridgehead atoms. The predicted molar refractivity (Wildman–Crippen MR) is 65.5 cm³/mol. The molecule has 2 nitrogen and oxygen atoms in total. The summed E-state index contributed by atoms with van der Waals surface area (Å²) in [5, 5.41) is 3.10. The van der Waals surface area contributed by atoms with E-state index in [4.69, 9.17) is 4.74 Å². The summed E-state index contributed by atoms with van der Waals surface area (Å²) in [7, 11) is 0. The van der Waals surface area contributed by atoms with Crippen molar-refractivity contribution in [2.75, 3.05) is 6.61 Å². The molecule has 4 unspecified atom stereocenters. The monoisotopic (exact) mass is 267 g/mol. The molecule has 0 aromatic rings. The number of hydrogen-bond donors (Lipinski definition) is 1. The summed E-state index contributed by atoms with van der Waals surface area (Å²) in [4.78, 5) is 0. The van der Waals surface area contributed by atoms with Crippen LogP contribution in [0.3, 0.4) is 0 Å². The van der Waals surface area contributed by atoms with Crippen LogP contribution in [0.15, 0.2) is 0 Å². The van der Waals surface area contributed by atoms with E-state index in [1.807, 2.05) is 6.92 Å². The van der Waals surface area contributed by atoms with Crippen molar-refractivity contribution in [2.45, 2.75) is 71.3 Å². The first-order valence-corrected chi connectivity index (χ1v) is 6.67. The largest absolute Gasteiger partial charge is 0.390 e. The number of nitrogens with one attached hydrogen (secondary N) is 1. The average molecular weight is 267 g/mol. The van der Waals surface area contributed by atoms with Gasteiger partial charge in [0, 0.05) is 24.1 Å². The summed E-state index contributed by atoms with van der Waals surface area (Å²) in [6, 6.07) is -0.417. The lowest BCUT2D eigenvalue weighted by atomic mass is 9.61. The van der Waals surface area contributed by atoms with Gasteiger partial charge in [-0.05, 0) is 26.7 Å². The van der Waals surface area contributed by atoms with Crippen molar-refractivity contribution in [2.24, 2.45) is 5.41 Å². The van der Waals surface area contributed by atoms with Crippen molar-refractivity contribution >= 4 is 0 Å². The van der Waals surface area contributed by atoms with Gasteiger partial charge in [-0.15, -0.1) is 0 Å². The van der Waals surface area contributed by atoms with Gasteiger partial charge in [-0.3, -0.25) is 0 Å². The van der Waals surface area contributed by atoms with E-state index in [9.17, 15) is 13.2 Å². The van der Waals surface area contributed by atoms with Gasteiger partial charge in [0.1, 0.15) is 0 Å². The topological polar surface area (TPSA) is 21.3 Å².